The first-order chi connectivity index (χ1) is 11.4. The van der Waals surface area contributed by atoms with Crippen molar-refractivity contribution in [3.8, 4) is 0 Å². The van der Waals surface area contributed by atoms with Gasteiger partial charge in [0.1, 0.15) is 0 Å². The van der Waals surface area contributed by atoms with Crippen LogP contribution in [0.25, 0.3) is 0 Å². The fourth-order valence-electron chi connectivity index (χ4n) is 2.29. The Morgan fingerprint density at radius 3 is 2.75 bits per heavy atom. The molecule has 7 nitrogen and oxygen atoms in total. The van der Waals surface area contributed by atoms with Crippen LogP contribution in [0.3, 0.4) is 0 Å². The number of nitrogens with one attached hydrogen (secondary N) is 1. The zero-order valence-electron chi connectivity index (χ0n) is 13.9. The van der Waals surface area contributed by atoms with E-state index >= 15 is 0 Å². The number of aryl methyl sites for hydroxylation is 1. The minimum absolute atomic E-state index is 0.141. The fraction of sp³-hybridized carbons (Fsp3) is 0.375. The average molecular weight is 347 g/mol. The molecule has 0 saturated heterocycles. The first-order valence-electron chi connectivity index (χ1n) is 7.64. The molecule has 0 aliphatic heterocycles. The van der Waals surface area contributed by atoms with Gasteiger partial charge in [0.2, 0.25) is 5.91 Å². The molecule has 0 spiro atoms. The molecule has 0 fully saturated rings. The topological polar surface area (TPSA) is 103 Å². The summed E-state index contributed by atoms with van der Waals surface area (Å²) in [5.41, 5.74) is 6.80. The Labute approximate surface area is 145 Å². The second-order valence-electron chi connectivity index (χ2n) is 5.40. The molecular weight excluding hydrogens is 326 g/mol. The van der Waals surface area contributed by atoms with Gasteiger partial charge in [0.15, 0.2) is 11.0 Å². The maximum atomic E-state index is 12.4. The van der Waals surface area contributed by atoms with E-state index in [2.05, 4.69) is 15.5 Å². The van der Waals surface area contributed by atoms with E-state index in [4.69, 9.17) is 5.73 Å². The van der Waals surface area contributed by atoms with Crippen molar-refractivity contribution in [1.29, 1.82) is 0 Å². The first-order valence-corrected chi connectivity index (χ1v) is 8.62. The number of aromatic nitrogens is 3. The smallest absolute Gasteiger partial charge is 0.251 e. The number of primary amides is 1. The van der Waals surface area contributed by atoms with Gasteiger partial charge < -0.3 is 15.6 Å². The lowest BCUT2D eigenvalue weighted by Crippen LogP contribution is -2.28. The van der Waals surface area contributed by atoms with E-state index in [1.807, 2.05) is 43.5 Å². The Balaban J connectivity index is 2.13. The summed E-state index contributed by atoms with van der Waals surface area (Å²) < 4.78 is 1.87. The summed E-state index contributed by atoms with van der Waals surface area (Å²) in [6.07, 6.45) is 0. The Morgan fingerprint density at radius 1 is 1.38 bits per heavy atom. The molecule has 1 unspecified atom stereocenters. The molecule has 0 radical (unpaired) electrons. The second-order valence-corrected chi connectivity index (χ2v) is 6.35. The highest BCUT2D eigenvalue weighted by molar-refractivity contribution is 7.99. The van der Waals surface area contributed by atoms with Crippen LogP contribution in [0.5, 0.6) is 0 Å². The number of hydrogen-bond donors (Lipinski definition) is 2. The second kappa shape index (κ2) is 7.96. The van der Waals surface area contributed by atoms with Crippen molar-refractivity contribution >= 4 is 23.6 Å². The average Bonchev–Trinajstić information content (AvgIpc) is 2.95. The molecule has 2 aromatic rings. The molecule has 0 saturated carbocycles. The molecule has 2 rings (SSSR count). The number of nitrogens with two attached hydrogens (primary N) is 1. The number of amides is 2. The zero-order valence-corrected chi connectivity index (χ0v) is 14.8. The molecule has 8 heteroatoms. The van der Waals surface area contributed by atoms with Gasteiger partial charge in [-0.1, -0.05) is 29.5 Å². The highest BCUT2D eigenvalue weighted by Crippen LogP contribution is 2.20. The number of hydrogen-bond acceptors (Lipinski definition) is 5. The van der Waals surface area contributed by atoms with Crippen LogP contribution >= 0.6 is 11.8 Å². The molecule has 1 heterocycles. The quantitative estimate of drug-likeness (QED) is 0.742. The number of rotatable bonds is 7. The van der Waals surface area contributed by atoms with Crippen molar-refractivity contribution in [3.63, 3.8) is 0 Å². The van der Waals surface area contributed by atoms with E-state index < -0.39 is 5.91 Å². The molecule has 0 aliphatic rings. The summed E-state index contributed by atoms with van der Waals surface area (Å²) in [5.74, 6) is 0.212. The molecular formula is C16H21N5O2S. The fourth-order valence-corrected chi connectivity index (χ4v) is 3.04. The third kappa shape index (κ3) is 4.35. The van der Waals surface area contributed by atoms with Crippen molar-refractivity contribution in [1.82, 2.24) is 20.1 Å². The zero-order chi connectivity index (χ0) is 17.7. The molecule has 128 valence electrons. The highest BCUT2D eigenvalue weighted by atomic mass is 32.2. The summed E-state index contributed by atoms with van der Waals surface area (Å²) >= 11 is 1.24. The molecule has 1 aromatic heterocycles. The number of carbonyl (C=O) groups is 2. The van der Waals surface area contributed by atoms with Crippen LogP contribution in [0.2, 0.25) is 0 Å². The first kappa shape index (κ1) is 18.0. The molecule has 0 bridgehead atoms. The van der Waals surface area contributed by atoms with Crippen LogP contribution in [0.4, 0.5) is 0 Å². The Bertz CT molecular complexity index is 744. The van der Waals surface area contributed by atoms with E-state index in [1.54, 1.807) is 6.07 Å². The standard InChI is InChI=1S/C16H21N5O2S/c1-4-21-14(19-20-16(21)24-9-13(17)22)11(3)18-15(23)12-7-5-6-10(2)8-12/h5-8,11H,4,9H2,1-3H3,(H2,17,22)(H,18,23). The maximum Gasteiger partial charge on any atom is 0.251 e. The number of thioether (sulfide) groups is 1. The number of benzene rings is 1. The lowest BCUT2D eigenvalue weighted by atomic mass is 10.1. The summed E-state index contributed by atoms with van der Waals surface area (Å²) in [7, 11) is 0. The molecule has 2 amide bonds. The van der Waals surface area contributed by atoms with Gasteiger partial charge in [0.05, 0.1) is 11.8 Å². The van der Waals surface area contributed by atoms with Gasteiger partial charge in [0, 0.05) is 12.1 Å². The lowest BCUT2D eigenvalue weighted by molar-refractivity contribution is -0.115. The van der Waals surface area contributed by atoms with Crippen molar-refractivity contribution in [2.75, 3.05) is 5.75 Å². The van der Waals surface area contributed by atoms with E-state index in [0.717, 1.165) is 5.56 Å². The SMILES string of the molecule is CCn1c(SCC(N)=O)nnc1C(C)NC(=O)c1cccc(C)c1. The normalized spacial score (nSPS) is 12.0. The predicted octanol–water partition coefficient (Wildman–Crippen LogP) is 1.67. The molecule has 3 N–H and O–H groups in total. The van der Waals surface area contributed by atoms with Gasteiger partial charge in [0.25, 0.3) is 5.91 Å². The minimum atomic E-state index is -0.409. The van der Waals surface area contributed by atoms with Crippen molar-refractivity contribution < 1.29 is 9.59 Å². The van der Waals surface area contributed by atoms with Crippen LogP contribution in [-0.4, -0.2) is 32.3 Å². The Hall–Kier alpha value is -2.35. The Kier molecular flexibility index (Phi) is 5.97. The summed E-state index contributed by atoms with van der Waals surface area (Å²) in [6.45, 7) is 6.38. The lowest BCUT2D eigenvalue weighted by Gasteiger charge is -2.15. The molecule has 24 heavy (non-hydrogen) atoms. The largest absolute Gasteiger partial charge is 0.369 e. The molecule has 1 atom stereocenters. The van der Waals surface area contributed by atoms with Gasteiger partial charge in [-0.2, -0.15) is 0 Å². The number of carbonyl (C=O) groups excluding carboxylic acids is 2. The number of nitrogens with zero attached hydrogens (tertiary/aromatic N) is 3. The summed E-state index contributed by atoms with van der Waals surface area (Å²) in [4.78, 5) is 23.3. The van der Waals surface area contributed by atoms with Crippen LogP contribution in [0.1, 0.15) is 41.6 Å². The van der Waals surface area contributed by atoms with Crippen LogP contribution in [-0.2, 0) is 11.3 Å². The summed E-state index contributed by atoms with van der Waals surface area (Å²) in [5, 5.41) is 11.8. The minimum Gasteiger partial charge on any atom is -0.369 e. The summed E-state index contributed by atoms with van der Waals surface area (Å²) in [6, 6.07) is 7.08. The van der Waals surface area contributed by atoms with E-state index in [-0.39, 0.29) is 17.7 Å². The van der Waals surface area contributed by atoms with Crippen molar-refractivity contribution in [2.24, 2.45) is 5.73 Å². The third-order valence-corrected chi connectivity index (χ3v) is 4.41. The van der Waals surface area contributed by atoms with Gasteiger partial charge in [-0.15, -0.1) is 10.2 Å². The van der Waals surface area contributed by atoms with Gasteiger partial charge in [-0.25, -0.2) is 0 Å². The molecule has 0 aliphatic carbocycles. The highest BCUT2D eigenvalue weighted by Gasteiger charge is 2.19. The van der Waals surface area contributed by atoms with Gasteiger partial charge in [-0.3, -0.25) is 9.59 Å². The van der Waals surface area contributed by atoms with Crippen LogP contribution < -0.4 is 11.1 Å². The molecule has 1 aromatic carbocycles. The predicted molar refractivity (Wildman–Crippen MR) is 92.7 cm³/mol. The monoisotopic (exact) mass is 347 g/mol. The maximum absolute atomic E-state index is 12.4. The third-order valence-electron chi connectivity index (χ3n) is 3.42. The van der Waals surface area contributed by atoms with Crippen molar-refractivity contribution in [3.05, 3.63) is 41.2 Å². The Morgan fingerprint density at radius 2 is 2.12 bits per heavy atom. The van der Waals surface area contributed by atoms with Crippen molar-refractivity contribution in [2.45, 2.75) is 38.5 Å². The van der Waals surface area contributed by atoms with Gasteiger partial charge >= 0.3 is 0 Å². The van der Waals surface area contributed by atoms with E-state index in [0.29, 0.717) is 23.1 Å². The van der Waals surface area contributed by atoms with E-state index in [1.165, 1.54) is 11.8 Å². The van der Waals surface area contributed by atoms with Crippen LogP contribution in [0.15, 0.2) is 29.4 Å². The van der Waals surface area contributed by atoms with Gasteiger partial charge in [-0.05, 0) is 32.9 Å². The van der Waals surface area contributed by atoms with Crippen LogP contribution in [0, 0.1) is 6.92 Å². The van der Waals surface area contributed by atoms with E-state index in [9.17, 15) is 9.59 Å².